The van der Waals surface area contributed by atoms with Crippen LogP contribution in [0.1, 0.15) is 34.4 Å². The zero-order valence-electron chi connectivity index (χ0n) is 12.5. The van der Waals surface area contributed by atoms with Gasteiger partial charge in [-0.05, 0) is 37.3 Å². The highest BCUT2D eigenvalue weighted by Crippen LogP contribution is 2.37. The fourth-order valence-corrected chi connectivity index (χ4v) is 4.85. The van der Waals surface area contributed by atoms with Crippen LogP contribution in [0.25, 0.3) is 16.2 Å². The lowest BCUT2D eigenvalue weighted by molar-refractivity contribution is 0.111. The zero-order chi connectivity index (χ0) is 16.1. The van der Waals surface area contributed by atoms with Gasteiger partial charge in [-0.3, -0.25) is 9.20 Å². The topological polar surface area (TPSA) is 34.4 Å². The number of aldehydes is 1. The van der Waals surface area contributed by atoms with E-state index in [0.29, 0.717) is 27.4 Å². The van der Waals surface area contributed by atoms with Crippen LogP contribution in [0.15, 0.2) is 18.2 Å². The van der Waals surface area contributed by atoms with Gasteiger partial charge in [0, 0.05) is 16.1 Å². The maximum absolute atomic E-state index is 11.8. The summed E-state index contributed by atoms with van der Waals surface area (Å²) in [6.07, 6.45) is 4.11. The van der Waals surface area contributed by atoms with Gasteiger partial charge in [-0.1, -0.05) is 36.2 Å². The third-order valence-corrected chi connectivity index (χ3v) is 6.25. The molecular formula is C17H14Cl2N2OS. The number of aryl methyl sites for hydroxylation is 1. The van der Waals surface area contributed by atoms with Crippen LogP contribution >= 0.6 is 34.5 Å². The predicted molar refractivity (Wildman–Crippen MR) is 95.1 cm³/mol. The minimum absolute atomic E-state index is 0.466. The Morgan fingerprint density at radius 1 is 1.35 bits per heavy atom. The maximum Gasteiger partial charge on any atom is 0.195 e. The van der Waals surface area contributed by atoms with Crippen molar-refractivity contribution in [3.63, 3.8) is 0 Å². The molecule has 0 amide bonds. The Bertz CT molecular complexity index is 928. The number of nitrogens with zero attached hydrogens (tertiary/aromatic N) is 2. The van der Waals surface area contributed by atoms with Gasteiger partial charge in [0.1, 0.15) is 11.4 Å². The smallest absolute Gasteiger partial charge is 0.195 e. The van der Waals surface area contributed by atoms with E-state index in [1.807, 2.05) is 10.5 Å². The van der Waals surface area contributed by atoms with Crippen LogP contribution in [0.2, 0.25) is 10.0 Å². The van der Waals surface area contributed by atoms with Crippen molar-refractivity contribution < 1.29 is 4.79 Å². The minimum atomic E-state index is 0.466. The van der Waals surface area contributed by atoms with E-state index < -0.39 is 0 Å². The summed E-state index contributed by atoms with van der Waals surface area (Å²) in [5.74, 6) is 0.695. The van der Waals surface area contributed by atoms with E-state index >= 15 is 0 Å². The number of carbonyl (C=O) groups excluding carboxylic acids is 1. The molecule has 23 heavy (non-hydrogen) atoms. The lowest BCUT2D eigenvalue weighted by atomic mass is 9.93. The highest BCUT2D eigenvalue weighted by Gasteiger charge is 2.25. The molecule has 3 aromatic rings. The monoisotopic (exact) mass is 364 g/mol. The molecule has 1 aromatic carbocycles. The van der Waals surface area contributed by atoms with Gasteiger partial charge in [0.05, 0.1) is 10.0 Å². The summed E-state index contributed by atoms with van der Waals surface area (Å²) in [6.45, 7) is 2.27. The van der Waals surface area contributed by atoms with E-state index in [1.54, 1.807) is 23.5 Å². The SMILES string of the molecule is CC1CCc2c(sc3nc(-c4ccc(Cl)c(Cl)c4)c(C=O)n23)C1. The molecule has 4 rings (SSSR count). The Morgan fingerprint density at radius 2 is 2.17 bits per heavy atom. The number of imidazole rings is 1. The third-order valence-electron chi connectivity index (χ3n) is 4.40. The molecule has 1 atom stereocenters. The van der Waals surface area contributed by atoms with E-state index in [-0.39, 0.29) is 0 Å². The van der Waals surface area contributed by atoms with E-state index in [2.05, 4.69) is 6.92 Å². The predicted octanol–water partition coefficient (Wildman–Crippen LogP) is 5.31. The zero-order valence-corrected chi connectivity index (χ0v) is 14.8. The van der Waals surface area contributed by atoms with Crippen LogP contribution in [-0.2, 0) is 12.8 Å². The van der Waals surface area contributed by atoms with Crippen molar-refractivity contribution in [2.24, 2.45) is 5.92 Å². The number of thiazole rings is 1. The van der Waals surface area contributed by atoms with Crippen molar-refractivity contribution in [1.29, 1.82) is 0 Å². The molecule has 0 radical (unpaired) electrons. The molecule has 0 fully saturated rings. The Balaban J connectivity index is 1.93. The van der Waals surface area contributed by atoms with E-state index in [4.69, 9.17) is 28.2 Å². The quantitative estimate of drug-likeness (QED) is 0.577. The maximum atomic E-state index is 11.8. The number of carbonyl (C=O) groups is 1. The number of fused-ring (bicyclic) bond motifs is 3. The number of rotatable bonds is 2. The summed E-state index contributed by atoms with van der Waals surface area (Å²) in [4.78, 5) is 18.7. The van der Waals surface area contributed by atoms with Crippen molar-refractivity contribution in [1.82, 2.24) is 9.38 Å². The molecule has 1 unspecified atom stereocenters. The molecular weight excluding hydrogens is 351 g/mol. The first-order chi connectivity index (χ1) is 11.1. The summed E-state index contributed by atoms with van der Waals surface area (Å²) in [7, 11) is 0. The van der Waals surface area contributed by atoms with Crippen LogP contribution < -0.4 is 0 Å². The first-order valence-electron chi connectivity index (χ1n) is 7.52. The standard InChI is InChI=1S/C17H14Cl2N2OS/c1-9-2-5-13-15(6-9)23-17-20-16(14(8-22)21(13)17)10-3-4-11(18)12(19)7-10/h3-4,7-9H,2,5-6H2,1H3. The van der Waals surface area contributed by atoms with Crippen molar-refractivity contribution in [2.45, 2.75) is 26.2 Å². The second-order valence-electron chi connectivity index (χ2n) is 6.03. The fraction of sp³-hybridized carbons (Fsp3) is 0.294. The minimum Gasteiger partial charge on any atom is -0.296 e. The summed E-state index contributed by atoms with van der Waals surface area (Å²) in [5.41, 5.74) is 3.33. The molecule has 6 heteroatoms. The van der Waals surface area contributed by atoms with Gasteiger partial charge in [-0.25, -0.2) is 4.98 Å². The lowest BCUT2D eigenvalue weighted by Gasteiger charge is -2.17. The number of hydrogen-bond acceptors (Lipinski definition) is 3. The Hall–Kier alpha value is -1.36. The highest BCUT2D eigenvalue weighted by molar-refractivity contribution is 7.17. The second kappa shape index (κ2) is 5.62. The van der Waals surface area contributed by atoms with Crippen molar-refractivity contribution in [3.8, 4) is 11.3 Å². The molecule has 0 spiro atoms. The molecule has 118 valence electrons. The highest BCUT2D eigenvalue weighted by atomic mass is 35.5. The summed E-state index contributed by atoms with van der Waals surface area (Å²) in [5, 5.41) is 0.962. The van der Waals surface area contributed by atoms with Crippen LogP contribution in [0.3, 0.4) is 0 Å². The van der Waals surface area contributed by atoms with E-state index in [0.717, 1.165) is 36.1 Å². The molecule has 2 aromatic heterocycles. The first-order valence-corrected chi connectivity index (χ1v) is 9.09. The summed E-state index contributed by atoms with van der Waals surface area (Å²) >= 11 is 13.8. The van der Waals surface area contributed by atoms with Gasteiger partial charge in [-0.2, -0.15) is 0 Å². The lowest BCUT2D eigenvalue weighted by Crippen LogP contribution is -2.11. The molecule has 0 saturated carbocycles. The Labute approximate surface area is 147 Å². The van der Waals surface area contributed by atoms with Gasteiger partial charge in [0.25, 0.3) is 0 Å². The molecule has 0 aliphatic heterocycles. The molecule has 1 aliphatic carbocycles. The van der Waals surface area contributed by atoms with Crippen LogP contribution in [0.4, 0.5) is 0 Å². The Kier molecular flexibility index (Phi) is 3.71. The number of benzene rings is 1. The average Bonchev–Trinajstić information content (AvgIpc) is 3.04. The normalized spacial score (nSPS) is 17.4. The largest absolute Gasteiger partial charge is 0.296 e. The van der Waals surface area contributed by atoms with Crippen molar-refractivity contribution in [3.05, 3.63) is 44.5 Å². The third kappa shape index (κ3) is 2.40. The summed E-state index contributed by atoms with van der Waals surface area (Å²) in [6, 6.07) is 5.35. The van der Waals surface area contributed by atoms with Gasteiger partial charge in [0.2, 0.25) is 0 Å². The number of aromatic nitrogens is 2. The first kappa shape index (κ1) is 15.2. The molecule has 0 saturated heterocycles. The van der Waals surface area contributed by atoms with Gasteiger partial charge >= 0.3 is 0 Å². The average molecular weight is 365 g/mol. The number of halogens is 2. The molecule has 2 heterocycles. The Morgan fingerprint density at radius 3 is 2.91 bits per heavy atom. The summed E-state index contributed by atoms with van der Waals surface area (Å²) < 4.78 is 2.02. The second-order valence-corrected chi connectivity index (χ2v) is 7.91. The van der Waals surface area contributed by atoms with Gasteiger partial charge in [-0.15, -0.1) is 11.3 Å². The van der Waals surface area contributed by atoms with Crippen LogP contribution in [0.5, 0.6) is 0 Å². The van der Waals surface area contributed by atoms with Crippen LogP contribution in [-0.4, -0.2) is 15.7 Å². The van der Waals surface area contributed by atoms with Crippen LogP contribution in [0, 0.1) is 5.92 Å². The number of hydrogen-bond donors (Lipinski definition) is 0. The molecule has 1 aliphatic rings. The van der Waals surface area contributed by atoms with Crippen molar-refractivity contribution >= 4 is 45.8 Å². The molecule has 0 bridgehead atoms. The fourth-order valence-electron chi connectivity index (χ4n) is 3.21. The van der Waals surface area contributed by atoms with E-state index in [9.17, 15) is 4.79 Å². The van der Waals surface area contributed by atoms with E-state index in [1.165, 1.54) is 10.6 Å². The molecule has 0 N–H and O–H groups in total. The van der Waals surface area contributed by atoms with Gasteiger partial charge in [0.15, 0.2) is 11.2 Å². The van der Waals surface area contributed by atoms with Crippen molar-refractivity contribution in [2.75, 3.05) is 0 Å². The van der Waals surface area contributed by atoms with Gasteiger partial charge < -0.3 is 0 Å². The molecule has 3 nitrogen and oxygen atoms in total.